The lowest BCUT2D eigenvalue weighted by Crippen LogP contribution is -2.50. The lowest BCUT2D eigenvalue weighted by atomic mass is 9.53. The molecule has 2 fully saturated rings. The highest BCUT2D eigenvalue weighted by Gasteiger charge is 2.61. The highest BCUT2D eigenvalue weighted by atomic mass is 32.2. The number of rotatable bonds is 3. The molecule has 0 amide bonds. The minimum Gasteiger partial charge on any atom is -0.424 e. The maximum absolute atomic E-state index is 14.8. The van der Waals surface area contributed by atoms with Crippen LogP contribution in [0.2, 0.25) is 0 Å². The molecule has 208 valence electrons. The number of aromatic nitrogens is 4. The van der Waals surface area contributed by atoms with Crippen molar-refractivity contribution in [3.05, 3.63) is 59.7 Å². The van der Waals surface area contributed by atoms with Gasteiger partial charge in [-0.3, -0.25) is 0 Å². The molecular weight excluding hydrogens is 535 g/mol. The average Bonchev–Trinajstić information content (AvgIpc) is 3.64. The van der Waals surface area contributed by atoms with Gasteiger partial charge in [-0.15, -0.1) is 23.2 Å². The van der Waals surface area contributed by atoms with E-state index in [-0.39, 0.29) is 17.2 Å². The fraction of sp³-hybridized carbons (Fsp3) is 0.424. The first kappa shape index (κ1) is 25.3. The first-order valence-corrected chi connectivity index (χ1v) is 15.5. The van der Waals surface area contributed by atoms with Crippen LogP contribution in [0.15, 0.2) is 47.5 Å². The largest absolute Gasteiger partial charge is 0.424 e. The number of benzene rings is 2. The number of nitrogens with zero attached hydrogens (tertiary/aromatic N) is 4. The van der Waals surface area contributed by atoms with Crippen molar-refractivity contribution in [2.75, 3.05) is 5.75 Å². The summed E-state index contributed by atoms with van der Waals surface area (Å²) in [6, 6.07) is 14.2. The molecule has 0 spiro atoms. The second kappa shape index (κ2) is 9.04. The van der Waals surface area contributed by atoms with Gasteiger partial charge in [0.2, 0.25) is 0 Å². The Labute approximate surface area is 242 Å². The molecule has 8 heteroatoms. The fourth-order valence-electron chi connectivity index (χ4n) is 8.58. The van der Waals surface area contributed by atoms with Crippen LogP contribution < -0.4 is 4.74 Å². The van der Waals surface area contributed by atoms with Crippen molar-refractivity contribution < 1.29 is 14.2 Å². The summed E-state index contributed by atoms with van der Waals surface area (Å²) in [5, 5.41) is 14.5. The molecule has 2 aromatic carbocycles. The van der Waals surface area contributed by atoms with Crippen LogP contribution in [0.1, 0.15) is 56.1 Å². The van der Waals surface area contributed by atoms with Gasteiger partial charge in [-0.25, -0.2) is 0 Å². The predicted molar refractivity (Wildman–Crippen MR) is 156 cm³/mol. The van der Waals surface area contributed by atoms with Crippen molar-refractivity contribution >= 4 is 22.5 Å². The van der Waals surface area contributed by atoms with Gasteiger partial charge in [-0.2, -0.15) is 14.4 Å². The Kier molecular flexibility index (Phi) is 5.58. The number of aliphatic hydroxyl groups is 1. The van der Waals surface area contributed by atoms with E-state index in [4.69, 9.17) is 11.2 Å². The molecule has 5 atom stereocenters. The third-order valence-electron chi connectivity index (χ3n) is 10.6. The molecule has 3 heterocycles. The third kappa shape index (κ3) is 3.65. The van der Waals surface area contributed by atoms with E-state index in [1.54, 1.807) is 11.8 Å². The van der Waals surface area contributed by atoms with Gasteiger partial charge >= 0.3 is 12.1 Å². The van der Waals surface area contributed by atoms with Gasteiger partial charge in [0.25, 0.3) is 0 Å². The Morgan fingerprint density at radius 2 is 1.95 bits per heavy atom. The summed E-state index contributed by atoms with van der Waals surface area (Å²) < 4.78 is 23.0. The molecule has 41 heavy (non-hydrogen) atoms. The van der Waals surface area contributed by atoms with E-state index in [1.165, 1.54) is 11.1 Å². The SMILES string of the molecule is C#CC1(O)CC[C@H]2[C@@H]3CCc4cc(Oc5nc(F)nc(-c6c7ccccc7c7n6CCS7)n5)ccc4[C@H]3CC[C@@]21C. The van der Waals surface area contributed by atoms with Gasteiger partial charge < -0.3 is 14.4 Å². The number of hydrogen-bond acceptors (Lipinski definition) is 6. The van der Waals surface area contributed by atoms with Crippen LogP contribution in [0.4, 0.5) is 4.39 Å². The summed E-state index contributed by atoms with van der Waals surface area (Å²) in [5.41, 5.74) is 2.22. The Morgan fingerprint density at radius 3 is 2.80 bits per heavy atom. The van der Waals surface area contributed by atoms with Crippen LogP contribution in [0.5, 0.6) is 11.8 Å². The normalized spacial score (nSPS) is 29.9. The summed E-state index contributed by atoms with van der Waals surface area (Å²) in [6.45, 7) is 3.03. The van der Waals surface area contributed by atoms with Crippen molar-refractivity contribution in [1.29, 1.82) is 0 Å². The minimum absolute atomic E-state index is 0.0422. The molecule has 0 radical (unpaired) electrons. The van der Waals surface area contributed by atoms with E-state index in [0.717, 1.165) is 65.9 Å². The molecule has 2 aromatic heterocycles. The van der Waals surface area contributed by atoms with Gasteiger partial charge in [0.1, 0.15) is 11.4 Å². The second-order valence-corrected chi connectivity index (χ2v) is 13.4. The van der Waals surface area contributed by atoms with Gasteiger partial charge in [-0.05, 0) is 79.5 Å². The molecule has 1 unspecified atom stereocenters. The number of halogens is 1. The van der Waals surface area contributed by atoms with Gasteiger partial charge in [-0.1, -0.05) is 43.2 Å². The number of terminal acetylenes is 1. The number of ether oxygens (including phenoxy) is 1. The molecule has 2 saturated carbocycles. The zero-order chi connectivity index (χ0) is 27.9. The summed E-state index contributed by atoms with van der Waals surface area (Å²) in [6.07, 6.45) is 10.6. The summed E-state index contributed by atoms with van der Waals surface area (Å²) in [7, 11) is 0. The minimum atomic E-state index is -0.995. The highest BCUT2D eigenvalue weighted by Crippen LogP contribution is 2.64. The second-order valence-electron chi connectivity index (χ2n) is 12.3. The summed E-state index contributed by atoms with van der Waals surface area (Å²) >= 11 is 1.80. The molecule has 1 N–H and O–H groups in total. The first-order chi connectivity index (χ1) is 19.9. The van der Waals surface area contributed by atoms with Crippen LogP contribution >= 0.6 is 11.8 Å². The van der Waals surface area contributed by atoms with Gasteiger partial charge in [0, 0.05) is 28.5 Å². The monoisotopic (exact) mass is 566 g/mol. The van der Waals surface area contributed by atoms with Crippen LogP contribution in [0, 0.1) is 35.7 Å². The van der Waals surface area contributed by atoms with Crippen molar-refractivity contribution in [3.63, 3.8) is 0 Å². The van der Waals surface area contributed by atoms with E-state index in [2.05, 4.69) is 50.6 Å². The van der Waals surface area contributed by atoms with Crippen LogP contribution in [0.25, 0.3) is 22.3 Å². The van der Waals surface area contributed by atoms with Crippen molar-refractivity contribution in [1.82, 2.24) is 19.5 Å². The Bertz CT molecular complexity index is 1760. The topological polar surface area (TPSA) is 73.1 Å². The van der Waals surface area contributed by atoms with Crippen LogP contribution in [-0.4, -0.2) is 36.0 Å². The lowest BCUT2D eigenvalue weighted by molar-refractivity contribution is -0.0646. The number of hydrogen-bond donors (Lipinski definition) is 1. The number of fused-ring (bicyclic) bond motifs is 8. The van der Waals surface area contributed by atoms with E-state index < -0.39 is 11.7 Å². The lowest BCUT2D eigenvalue weighted by Gasteiger charge is -2.52. The molecule has 4 aliphatic rings. The van der Waals surface area contributed by atoms with Gasteiger partial charge in [0.15, 0.2) is 5.82 Å². The molecular formula is C33H31FN4O2S. The van der Waals surface area contributed by atoms with E-state index in [0.29, 0.717) is 29.9 Å². The molecule has 3 aliphatic carbocycles. The number of aryl methyl sites for hydroxylation is 1. The van der Waals surface area contributed by atoms with Crippen molar-refractivity contribution in [2.45, 2.75) is 68.5 Å². The van der Waals surface area contributed by atoms with E-state index >= 15 is 0 Å². The molecule has 0 bridgehead atoms. The van der Waals surface area contributed by atoms with Crippen LogP contribution in [0.3, 0.4) is 0 Å². The van der Waals surface area contributed by atoms with Crippen molar-refractivity contribution in [3.8, 4) is 35.6 Å². The molecule has 4 aromatic rings. The standard InChI is InChI=1S/C33H31FN4O2S/c1-3-33(39)15-13-26-23-10-8-19-18-20(9-11-21(19)22(23)12-14-32(26,33)2)40-31-36-28(35-30(34)37-31)27-24-6-4-5-7-25(24)29-38(27)16-17-41-29/h1,4-7,9,11,18,22-23,26,39H,8,10,12-17H2,2H3/t22-,23-,26+,32+,33?/m1/s1. The fourth-order valence-corrected chi connectivity index (χ4v) is 9.72. The average molecular weight is 567 g/mol. The maximum Gasteiger partial charge on any atom is 0.328 e. The summed E-state index contributed by atoms with van der Waals surface area (Å²) in [4.78, 5) is 12.6. The third-order valence-corrected chi connectivity index (χ3v) is 11.7. The first-order valence-electron chi connectivity index (χ1n) is 14.6. The molecule has 0 saturated heterocycles. The zero-order valence-electron chi connectivity index (χ0n) is 22.9. The summed E-state index contributed by atoms with van der Waals surface area (Å²) in [5.74, 6) is 6.01. The Morgan fingerprint density at radius 1 is 1.10 bits per heavy atom. The molecule has 1 aliphatic heterocycles. The highest BCUT2D eigenvalue weighted by molar-refractivity contribution is 7.99. The molecule has 6 nitrogen and oxygen atoms in total. The van der Waals surface area contributed by atoms with E-state index in [1.807, 2.05) is 24.3 Å². The van der Waals surface area contributed by atoms with Crippen LogP contribution in [-0.2, 0) is 13.0 Å². The molecule has 8 rings (SSSR count). The van der Waals surface area contributed by atoms with Crippen molar-refractivity contribution in [2.24, 2.45) is 17.3 Å². The number of thioether (sulfide) groups is 1. The smallest absolute Gasteiger partial charge is 0.328 e. The predicted octanol–water partition coefficient (Wildman–Crippen LogP) is 6.75. The Balaban J connectivity index is 1.09. The van der Waals surface area contributed by atoms with Gasteiger partial charge in [0.05, 0.1) is 10.7 Å². The zero-order valence-corrected chi connectivity index (χ0v) is 23.8. The quantitative estimate of drug-likeness (QED) is 0.277. The Hall–Kier alpha value is -3.41. The van der Waals surface area contributed by atoms with E-state index in [9.17, 15) is 9.50 Å². The maximum atomic E-state index is 14.8.